The van der Waals surface area contributed by atoms with E-state index in [1.807, 2.05) is 0 Å². The number of rotatable bonds is 8. The van der Waals surface area contributed by atoms with Crippen molar-refractivity contribution in [2.45, 2.75) is 72.3 Å². The molecule has 2 nitrogen and oxygen atoms in total. The summed E-state index contributed by atoms with van der Waals surface area (Å²) in [4.78, 5) is 2.71. The van der Waals surface area contributed by atoms with E-state index in [0.29, 0.717) is 5.41 Å². The molecule has 0 aromatic rings. The second-order valence-corrected chi connectivity index (χ2v) is 6.44. The molecule has 2 heteroatoms. The third-order valence-electron chi connectivity index (χ3n) is 4.88. The van der Waals surface area contributed by atoms with E-state index >= 15 is 0 Å². The average molecular weight is 254 g/mol. The van der Waals surface area contributed by atoms with E-state index in [-0.39, 0.29) is 0 Å². The van der Waals surface area contributed by atoms with Crippen LogP contribution in [-0.2, 0) is 0 Å². The minimum absolute atomic E-state index is 0.624. The molecule has 0 spiro atoms. The highest BCUT2D eigenvalue weighted by Gasteiger charge is 2.29. The van der Waals surface area contributed by atoms with Crippen molar-refractivity contribution < 1.29 is 0 Å². The number of nitrogens with one attached hydrogen (secondary N) is 1. The molecule has 1 N–H and O–H groups in total. The fourth-order valence-electron chi connectivity index (χ4n) is 2.87. The van der Waals surface area contributed by atoms with E-state index in [1.165, 1.54) is 64.7 Å². The second kappa shape index (κ2) is 8.16. The van der Waals surface area contributed by atoms with Crippen LogP contribution in [0.3, 0.4) is 0 Å². The summed E-state index contributed by atoms with van der Waals surface area (Å²) in [5, 5.41) is 3.50. The quantitative estimate of drug-likeness (QED) is 0.665. The van der Waals surface area contributed by atoms with Crippen molar-refractivity contribution in [3.8, 4) is 0 Å². The van der Waals surface area contributed by atoms with Gasteiger partial charge in [-0.3, -0.25) is 0 Å². The molecule has 1 rings (SSSR count). The van der Waals surface area contributed by atoms with Crippen molar-refractivity contribution in [2.24, 2.45) is 5.41 Å². The number of hydrogen-bond acceptors (Lipinski definition) is 2. The Kier molecular flexibility index (Phi) is 7.25. The van der Waals surface area contributed by atoms with Gasteiger partial charge in [-0.05, 0) is 70.6 Å². The highest BCUT2D eigenvalue weighted by Crippen LogP contribution is 2.34. The molecule has 0 amide bonds. The maximum absolute atomic E-state index is 3.50. The third-order valence-corrected chi connectivity index (χ3v) is 4.88. The average Bonchev–Trinajstić information content (AvgIpc) is 2.39. The summed E-state index contributed by atoms with van der Waals surface area (Å²) in [7, 11) is 0. The lowest BCUT2D eigenvalue weighted by molar-refractivity contribution is 0.0827. The third kappa shape index (κ3) is 5.27. The molecule has 0 saturated carbocycles. The molecule has 18 heavy (non-hydrogen) atoms. The first-order valence-electron chi connectivity index (χ1n) is 8.06. The van der Waals surface area contributed by atoms with Gasteiger partial charge in [-0.2, -0.15) is 0 Å². The Hall–Kier alpha value is -0.0800. The van der Waals surface area contributed by atoms with Crippen LogP contribution in [0.1, 0.15) is 66.2 Å². The van der Waals surface area contributed by atoms with Crippen molar-refractivity contribution in [3.05, 3.63) is 0 Å². The Labute approximate surface area is 115 Å². The zero-order chi connectivity index (χ0) is 13.4. The van der Waals surface area contributed by atoms with Gasteiger partial charge in [0.1, 0.15) is 0 Å². The van der Waals surface area contributed by atoms with Crippen molar-refractivity contribution in [2.75, 3.05) is 26.2 Å². The standard InChI is InChI=1S/C16H34N2/c1-5-11-17-12-7-8-15(3)18-13-9-16(4,6-2)10-14-18/h15,17H,5-14H2,1-4H3. The van der Waals surface area contributed by atoms with E-state index in [0.717, 1.165) is 6.04 Å². The predicted octanol–water partition coefficient (Wildman–Crippen LogP) is 3.67. The zero-order valence-electron chi connectivity index (χ0n) is 13.1. The molecule has 0 aromatic heterocycles. The van der Waals surface area contributed by atoms with Gasteiger partial charge in [-0.15, -0.1) is 0 Å². The molecule has 1 atom stereocenters. The molecule has 108 valence electrons. The molecule has 1 aliphatic heterocycles. The highest BCUT2D eigenvalue weighted by molar-refractivity contribution is 4.83. The van der Waals surface area contributed by atoms with Crippen LogP contribution in [0.25, 0.3) is 0 Å². The monoisotopic (exact) mass is 254 g/mol. The van der Waals surface area contributed by atoms with E-state index < -0.39 is 0 Å². The first kappa shape index (κ1) is 16.0. The van der Waals surface area contributed by atoms with Gasteiger partial charge < -0.3 is 10.2 Å². The van der Waals surface area contributed by atoms with Crippen LogP contribution in [0.4, 0.5) is 0 Å². The Bertz CT molecular complexity index is 207. The van der Waals surface area contributed by atoms with Crippen LogP contribution in [0.2, 0.25) is 0 Å². The first-order valence-corrected chi connectivity index (χ1v) is 8.06. The Morgan fingerprint density at radius 2 is 1.83 bits per heavy atom. The van der Waals surface area contributed by atoms with Crippen LogP contribution in [0.5, 0.6) is 0 Å². The second-order valence-electron chi connectivity index (χ2n) is 6.44. The molecule has 0 aliphatic carbocycles. The molecule has 0 bridgehead atoms. The maximum Gasteiger partial charge on any atom is 0.00674 e. The smallest absolute Gasteiger partial charge is 0.00674 e. The van der Waals surface area contributed by atoms with Crippen molar-refractivity contribution >= 4 is 0 Å². The molecule has 1 heterocycles. The highest BCUT2D eigenvalue weighted by atomic mass is 15.2. The first-order chi connectivity index (χ1) is 8.61. The summed E-state index contributed by atoms with van der Waals surface area (Å²) >= 11 is 0. The van der Waals surface area contributed by atoms with Crippen LogP contribution in [0, 0.1) is 5.41 Å². The van der Waals surface area contributed by atoms with Gasteiger partial charge in [0.2, 0.25) is 0 Å². The summed E-state index contributed by atoms with van der Waals surface area (Å²) in [5.41, 5.74) is 0.624. The van der Waals surface area contributed by atoms with Gasteiger partial charge in [0.15, 0.2) is 0 Å². The van der Waals surface area contributed by atoms with Crippen LogP contribution >= 0.6 is 0 Å². The maximum atomic E-state index is 3.50. The molecule has 1 aliphatic rings. The Morgan fingerprint density at radius 3 is 2.39 bits per heavy atom. The summed E-state index contributed by atoms with van der Waals surface area (Å²) in [5.74, 6) is 0. The fourth-order valence-corrected chi connectivity index (χ4v) is 2.87. The number of piperidine rings is 1. The molecule has 0 aromatic carbocycles. The van der Waals surface area contributed by atoms with Crippen LogP contribution in [0.15, 0.2) is 0 Å². The number of likely N-dealkylation sites (tertiary alicyclic amines) is 1. The molecule has 1 fully saturated rings. The fraction of sp³-hybridized carbons (Fsp3) is 1.00. The van der Waals surface area contributed by atoms with E-state index in [2.05, 4.69) is 37.9 Å². The zero-order valence-corrected chi connectivity index (χ0v) is 13.1. The lowest BCUT2D eigenvalue weighted by Gasteiger charge is -2.41. The number of hydrogen-bond donors (Lipinski definition) is 1. The van der Waals surface area contributed by atoms with Gasteiger partial charge in [-0.1, -0.05) is 27.2 Å². The Balaban J connectivity index is 2.14. The minimum Gasteiger partial charge on any atom is -0.317 e. The molecular formula is C16H34N2. The summed E-state index contributed by atoms with van der Waals surface area (Å²) < 4.78 is 0. The SMILES string of the molecule is CCCNCCCC(C)N1CCC(C)(CC)CC1. The summed E-state index contributed by atoms with van der Waals surface area (Å²) in [6, 6.07) is 0.773. The lowest BCUT2D eigenvalue weighted by atomic mass is 9.78. The van der Waals surface area contributed by atoms with E-state index in [1.54, 1.807) is 0 Å². The van der Waals surface area contributed by atoms with Crippen molar-refractivity contribution in [1.82, 2.24) is 10.2 Å². The topological polar surface area (TPSA) is 15.3 Å². The van der Waals surface area contributed by atoms with E-state index in [9.17, 15) is 0 Å². The van der Waals surface area contributed by atoms with Crippen LogP contribution < -0.4 is 5.32 Å². The minimum atomic E-state index is 0.624. The summed E-state index contributed by atoms with van der Waals surface area (Å²) in [6.07, 6.45) is 8.04. The molecular weight excluding hydrogens is 220 g/mol. The van der Waals surface area contributed by atoms with Crippen LogP contribution in [-0.4, -0.2) is 37.1 Å². The lowest BCUT2D eigenvalue weighted by Crippen LogP contribution is -2.43. The van der Waals surface area contributed by atoms with Gasteiger partial charge in [0.25, 0.3) is 0 Å². The molecule has 1 unspecified atom stereocenters. The normalized spacial score (nSPS) is 22.0. The molecule has 1 saturated heterocycles. The van der Waals surface area contributed by atoms with Gasteiger partial charge in [-0.25, -0.2) is 0 Å². The number of nitrogens with zero attached hydrogens (tertiary/aromatic N) is 1. The van der Waals surface area contributed by atoms with E-state index in [4.69, 9.17) is 0 Å². The predicted molar refractivity (Wildman–Crippen MR) is 81.1 cm³/mol. The van der Waals surface area contributed by atoms with Gasteiger partial charge in [0, 0.05) is 6.04 Å². The van der Waals surface area contributed by atoms with Crippen molar-refractivity contribution in [1.29, 1.82) is 0 Å². The largest absolute Gasteiger partial charge is 0.317 e. The van der Waals surface area contributed by atoms with Gasteiger partial charge >= 0.3 is 0 Å². The molecule has 0 radical (unpaired) electrons. The van der Waals surface area contributed by atoms with Gasteiger partial charge in [0.05, 0.1) is 0 Å². The van der Waals surface area contributed by atoms with Crippen molar-refractivity contribution in [3.63, 3.8) is 0 Å². The Morgan fingerprint density at radius 1 is 1.17 bits per heavy atom. The summed E-state index contributed by atoms with van der Waals surface area (Å²) in [6.45, 7) is 14.4.